The summed E-state index contributed by atoms with van der Waals surface area (Å²) in [6, 6.07) is 0. The van der Waals surface area contributed by atoms with E-state index in [1.54, 1.807) is 13.8 Å². The van der Waals surface area contributed by atoms with E-state index in [-0.39, 0.29) is 24.8 Å². The lowest BCUT2D eigenvalue weighted by Gasteiger charge is -2.25. The van der Waals surface area contributed by atoms with Crippen LogP contribution in [0.25, 0.3) is 0 Å². The third-order valence-electron chi connectivity index (χ3n) is 3.22. The van der Waals surface area contributed by atoms with Gasteiger partial charge in [0.15, 0.2) is 0 Å². The molecule has 1 heterocycles. The number of aliphatic hydroxyl groups is 1. The van der Waals surface area contributed by atoms with Crippen molar-refractivity contribution < 1.29 is 14.7 Å². The quantitative estimate of drug-likeness (QED) is 0.647. The number of imide groups is 1. The first-order valence-corrected chi connectivity index (χ1v) is 4.91. The van der Waals surface area contributed by atoms with Gasteiger partial charge in [-0.15, -0.1) is 0 Å². The van der Waals surface area contributed by atoms with Gasteiger partial charge in [-0.25, -0.2) is 0 Å². The Bertz CT molecular complexity index is 304. The molecule has 2 aliphatic rings. The molecular formula is C10H15NO3. The van der Waals surface area contributed by atoms with Gasteiger partial charge in [0.1, 0.15) is 0 Å². The zero-order valence-corrected chi connectivity index (χ0v) is 8.54. The minimum atomic E-state index is -0.582. The summed E-state index contributed by atoms with van der Waals surface area (Å²) in [5.74, 6) is -0.263. The smallest absolute Gasteiger partial charge is 0.235 e. The van der Waals surface area contributed by atoms with Crippen molar-refractivity contribution in [2.24, 2.45) is 5.41 Å². The molecule has 1 N–H and O–H groups in total. The van der Waals surface area contributed by atoms with Gasteiger partial charge in [0.2, 0.25) is 11.8 Å². The average Bonchev–Trinajstić information content (AvgIpc) is 2.80. The fourth-order valence-electron chi connectivity index (χ4n) is 2.03. The number of hydrogen-bond acceptors (Lipinski definition) is 3. The van der Waals surface area contributed by atoms with Crippen LogP contribution in [0.15, 0.2) is 0 Å². The molecule has 78 valence electrons. The van der Waals surface area contributed by atoms with Gasteiger partial charge >= 0.3 is 0 Å². The van der Waals surface area contributed by atoms with Gasteiger partial charge in [-0.2, -0.15) is 0 Å². The van der Waals surface area contributed by atoms with Crippen LogP contribution in [0.2, 0.25) is 0 Å². The molecule has 2 fully saturated rings. The molecule has 0 bridgehead atoms. The molecule has 1 aliphatic carbocycles. The van der Waals surface area contributed by atoms with Crippen molar-refractivity contribution in [2.45, 2.75) is 38.6 Å². The zero-order chi connectivity index (χ0) is 10.6. The third kappa shape index (κ3) is 1.10. The van der Waals surface area contributed by atoms with Gasteiger partial charge in [0.05, 0.1) is 17.6 Å². The maximum absolute atomic E-state index is 11.9. The van der Waals surface area contributed by atoms with Crippen molar-refractivity contribution in [1.29, 1.82) is 0 Å². The summed E-state index contributed by atoms with van der Waals surface area (Å²) < 4.78 is 0. The Balaban J connectivity index is 2.29. The Morgan fingerprint density at radius 3 is 2.21 bits per heavy atom. The van der Waals surface area contributed by atoms with E-state index in [2.05, 4.69) is 0 Å². The monoisotopic (exact) mass is 197 g/mol. The molecule has 0 atom stereocenters. The summed E-state index contributed by atoms with van der Waals surface area (Å²) >= 11 is 0. The molecule has 0 aromatic carbocycles. The molecule has 0 unspecified atom stereocenters. The number of hydrogen-bond donors (Lipinski definition) is 1. The van der Waals surface area contributed by atoms with E-state index >= 15 is 0 Å². The summed E-state index contributed by atoms with van der Waals surface area (Å²) in [6.07, 6.45) is 1.77. The number of nitrogens with zero attached hydrogens (tertiary/aromatic N) is 1. The van der Waals surface area contributed by atoms with E-state index in [1.807, 2.05) is 0 Å². The zero-order valence-electron chi connectivity index (χ0n) is 8.54. The first-order valence-electron chi connectivity index (χ1n) is 4.91. The highest BCUT2D eigenvalue weighted by atomic mass is 16.3. The Morgan fingerprint density at radius 2 is 1.93 bits per heavy atom. The number of carbonyl (C=O) groups excluding carboxylic acids is 2. The van der Waals surface area contributed by atoms with E-state index < -0.39 is 11.0 Å². The highest BCUT2D eigenvalue weighted by molar-refractivity contribution is 6.06. The minimum absolute atomic E-state index is 0.0967. The molecule has 2 amide bonds. The average molecular weight is 197 g/mol. The second kappa shape index (κ2) is 2.57. The number of carbonyl (C=O) groups is 2. The molecular weight excluding hydrogens is 182 g/mol. The SMILES string of the molecule is CC1(C)CC(=O)N(C2(CO)CC2)C1=O. The van der Waals surface area contributed by atoms with Crippen molar-refractivity contribution >= 4 is 11.8 Å². The summed E-state index contributed by atoms with van der Waals surface area (Å²) in [5, 5.41) is 9.18. The van der Waals surface area contributed by atoms with Crippen LogP contribution >= 0.6 is 0 Å². The second-order valence-electron chi connectivity index (χ2n) is 4.98. The fourth-order valence-corrected chi connectivity index (χ4v) is 2.03. The van der Waals surface area contributed by atoms with Crippen LogP contribution in [0.1, 0.15) is 33.1 Å². The highest BCUT2D eigenvalue weighted by Gasteiger charge is 2.58. The van der Waals surface area contributed by atoms with E-state index in [1.165, 1.54) is 4.90 Å². The molecule has 1 saturated carbocycles. The summed E-state index contributed by atoms with van der Waals surface area (Å²) in [4.78, 5) is 24.8. The van der Waals surface area contributed by atoms with Gasteiger partial charge in [-0.1, -0.05) is 13.8 Å². The van der Waals surface area contributed by atoms with Crippen LogP contribution in [-0.2, 0) is 9.59 Å². The Labute approximate surface area is 82.9 Å². The van der Waals surface area contributed by atoms with Crippen molar-refractivity contribution in [1.82, 2.24) is 4.90 Å². The highest BCUT2D eigenvalue weighted by Crippen LogP contribution is 2.47. The van der Waals surface area contributed by atoms with Crippen LogP contribution in [0, 0.1) is 5.41 Å². The summed E-state index contributed by atoms with van der Waals surface area (Å²) in [7, 11) is 0. The van der Waals surface area contributed by atoms with E-state index in [0.717, 1.165) is 12.8 Å². The van der Waals surface area contributed by atoms with Crippen LogP contribution < -0.4 is 0 Å². The van der Waals surface area contributed by atoms with Crippen LogP contribution in [0.5, 0.6) is 0 Å². The first-order chi connectivity index (χ1) is 6.43. The van der Waals surface area contributed by atoms with Crippen LogP contribution in [-0.4, -0.2) is 34.0 Å². The lowest BCUT2D eigenvalue weighted by molar-refractivity contribution is -0.145. The van der Waals surface area contributed by atoms with Crippen molar-refractivity contribution in [3.63, 3.8) is 0 Å². The molecule has 0 spiro atoms. The van der Waals surface area contributed by atoms with Crippen LogP contribution in [0.3, 0.4) is 0 Å². The van der Waals surface area contributed by atoms with Gasteiger partial charge in [0.25, 0.3) is 0 Å². The van der Waals surface area contributed by atoms with Gasteiger partial charge in [-0.3, -0.25) is 14.5 Å². The predicted molar refractivity (Wildman–Crippen MR) is 49.3 cm³/mol. The van der Waals surface area contributed by atoms with Crippen molar-refractivity contribution in [3.05, 3.63) is 0 Å². The molecule has 0 aromatic heterocycles. The maximum Gasteiger partial charge on any atom is 0.235 e. The lowest BCUT2D eigenvalue weighted by Crippen LogP contribution is -2.45. The van der Waals surface area contributed by atoms with Gasteiger partial charge < -0.3 is 5.11 Å². The minimum Gasteiger partial charge on any atom is -0.394 e. The normalized spacial score (nSPS) is 28.4. The molecule has 4 heteroatoms. The Kier molecular flexibility index (Phi) is 1.77. The molecule has 0 radical (unpaired) electrons. The number of rotatable bonds is 2. The fraction of sp³-hybridized carbons (Fsp3) is 0.800. The Morgan fingerprint density at radius 1 is 1.36 bits per heavy atom. The summed E-state index contributed by atoms with van der Waals surface area (Å²) in [5.41, 5.74) is -1.12. The standard InChI is InChI=1S/C10H15NO3/c1-9(2)5-7(13)11(8(9)14)10(6-12)3-4-10/h12H,3-6H2,1-2H3. The van der Waals surface area contributed by atoms with E-state index in [9.17, 15) is 14.7 Å². The largest absolute Gasteiger partial charge is 0.394 e. The molecule has 1 saturated heterocycles. The Hall–Kier alpha value is -0.900. The third-order valence-corrected chi connectivity index (χ3v) is 3.22. The van der Waals surface area contributed by atoms with Crippen molar-refractivity contribution in [3.8, 4) is 0 Å². The van der Waals surface area contributed by atoms with E-state index in [4.69, 9.17) is 0 Å². The maximum atomic E-state index is 11.9. The number of likely N-dealkylation sites (tertiary alicyclic amines) is 1. The molecule has 1 aliphatic heterocycles. The van der Waals surface area contributed by atoms with Crippen LogP contribution in [0.4, 0.5) is 0 Å². The molecule has 0 aromatic rings. The van der Waals surface area contributed by atoms with E-state index in [0.29, 0.717) is 0 Å². The topological polar surface area (TPSA) is 57.6 Å². The van der Waals surface area contributed by atoms with Gasteiger partial charge in [0, 0.05) is 6.42 Å². The molecule has 4 nitrogen and oxygen atoms in total. The number of amides is 2. The first kappa shape index (κ1) is 9.65. The van der Waals surface area contributed by atoms with Crippen molar-refractivity contribution in [2.75, 3.05) is 6.61 Å². The molecule has 2 rings (SSSR count). The predicted octanol–water partition coefficient (Wildman–Crippen LogP) is 0.296. The molecule has 14 heavy (non-hydrogen) atoms. The summed E-state index contributed by atoms with van der Waals surface area (Å²) in [6.45, 7) is 3.46. The number of aliphatic hydroxyl groups excluding tert-OH is 1. The lowest BCUT2D eigenvalue weighted by atomic mass is 9.92. The van der Waals surface area contributed by atoms with Gasteiger partial charge in [-0.05, 0) is 12.8 Å². The second-order valence-corrected chi connectivity index (χ2v) is 4.98.